The van der Waals surface area contributed by atoms with E-state index in [2.05, 4.69) is 4.98 Å². The summed E-state index contributed by atoms with van der Waals surface area (Å²) in [5, 5.41) is 9.00. The fourth-order valence-corrected chi connectivity index (χ4v) is 1.68. The molecule has 1 fully saturated rings. The first-order valence-electron chi connectivity index (χ1n) is 6.03. The lowest BCUT2D eigenvalue weighted by Gasteiger charge is -1.98. The zero-order valence-electron chi connectivity index (χ0n) is 9.94. The van der Waals surface area contributed by atoms with Crippen molar-refractivity contribution in [2.24, 2.45) is 0 Å². The number of aromatic carboxylic acids is 1. The summed E-state index contributed by atoms with van der Waals surface area (Å²) < 4.78 is 10.6. The maximum atomic E-state index is 11.0. The van der Waals surface area contributed by atoms with E-state index >= 15 is 0 Å². The Hall–Kier alpha value is -1.36. The van der Waals surface area contributed by atoms with Crippen molar-refractivity contribution in [1.29, 1.82) is 0 Å². The number of carbonyl (C=O) groups is 1. The maximum absolute atomic E-state index is 11.0. The summed E-state index contributed by atoms with van der Waals surface area (Å²) >= 11 is 0. The lowest BCUT2D eigenvalue weighted by atomic mass is 10.2. The molecule has 0 aliphatic heterocycles. The van der Waals surface area contributed by atoms with Gasteiger partial charge in [0.1, 0.15) is 0 Å². The molecule has 0 unspecified atom stereocenters. The summed E-state index contributed by atoms with van der Waals surface area (Å²) in [4.78, 5) is 15.2. The monoisotopic (exact) mass is 239 g/mol. The molecule has 0 spiro atoms. The van der Waals surface area contributed by atoms with Crippen molar-refractivity contribution in [1.82, 2.24) is 4.98 Å². The molecule has 1 saturated carbocycles. The molecule has 5 heteroatoms. The van der Waals surface area contributed by atoms with Crippen LogP contribution in [-0.2, 0) is 11.2 Å². The Labute approximate surface area is 99.8 Å². The van der Waals surface area contributed by atoms with E-state index < -0.39 is 5.97 Å². The Morgan fingerprint density at radius 1 is 1.53 bits per heavy atom. The van der Waals surface area contributed by atoms with Crippen LogP contribution in [0.3, 0.4) is 0 Å². The van der Waals surface area contributed by atoms with Gasteiger partial charge in [0.15, 0.2) is 5.89 Å². The molecule has 2 rings (SSSR count). The summed E-state index contributed by atoms with van der Waals surface area (Å²) in [6.07, 6.45) is 3.53. The lowest BCUT2D eigenvalue weighted by Crippen LogP contribution is -1.99. The molecule has 94 valence electrons. The molecule has 5 nitrogen and oxygen atoms in total. The second kappa shape index (κ2) is 5.31. The van der Waals surface area contributed by atoms with E-state index in [1.165, 1.54) is 0 Å². The van der Waals surface area contributed by atoms with Crippen molar-refractivity contribution in [2.75, 3.05) is 13.2 Å². The largest absolute Gasteiger partial charge is 0.475 e. The molecule has 0 radical (unpaired) electrons. The predicted molar refractivity (Wildman–Crippen MR) is 60.3 cm³/mol. The van der Waals surface area contributed by atoms with Crippen molar-refractivity contribution >= 4 is 5.97 Å². The van der Waals surface area contributed by atoms with Crippen molar-refractivity contribution in [2.45, 2.75) is 38.5 Å². The van der Waals surface area contributed by atoms with Crippen LogP contribution in [0.25, 0.3) is 0 Å². The van der Waals surface area contributed by atoms with Gasteiger partial charge in [0.25, 0.3) is 0 Å². The van der Waals surface area contributed by atoms with Crippen molar-refractivity contribution in [3.63, 3.8) is 0 Å². The average Bonchev–Trinajstić information content (AvgIpc) is 3.05. The Morgan fingerprint density at radius 3 is 2.88 bits per heavy atom. The highest BCUT2D eigenvalue weighted by Crippen LogP contribution is 2.41. The Bertz CT molecular complexity index is 395. The summed E-state index contributed by atoms with van der Waals surface area (Å²) in [5.41, 5.74) is 0.614. The van der Waals surface area contributed by atoms with Crippen molar-refractivity contribution in [3.8, 4) is 0 Å². The minimum Gasteiger partial charge on any atom is -0.475 e. The Kier molecular flexibility index (Phi) is 3.78. The quantitative estimate of drug-likeness (QED) is 0.738. The van der Waals surface area contributed by atoms with Crippen LogP contribution < -0.4 is 0 Å². The molecule has 1 aromatic rings. The summed E-state index contributed by atoms with van der Waals surface area (Å²) in [5.74, 6) is -0.256. The van der Waals surface area contributed by atoms with Crippen LogP contribution in [0.15, 0.2) is 4.42 Å². The molecule has 1 aliphatic carbocycles. The van der Waals surface area contributed by atoms with E-state index in [1.807, 2.05) is 6.92 Å². The highest BCUT2D eigenvalue weighted by atomic mass is 16.5. The SMILES string of the molecule is CCCOCCc1nc(C2CC2)c(C(=O)O)o1. The van der Waals surface area contributed by atoms with E-state index in [0.717, 1.165) is 19.3 Å². The molecular formula is C12H17NO4. The van der Waals surface area contributed by atoms with Gasteiger partial charge in [-0.15, -0.1) is 0 Å². The standard InChI is InChI=1S/C12H17NO4/c1-2-6-16-7-5-9-13-10(8-3-4-8)11(17-9)12(14)15/h8H,2-7H2,1H3,(H,14,15). The fraction of sp³-hybridized carbons (Fsp3) is 0.667. The second-order valence-electron chi connectivity index (χ2n) is 4.26. The molecule has 0 saturated heterocycles. The van der Waals surface area contributed by atoms with Crippen LogP contribution in [0, 0.1) is 0 Å². The first-order valence-corrected chi connectivity index (χ1v) is 6.03. The van der Waals surface area contributed by atoms with Crippen LogP contribution in [0.4, 0.5) is 0 Å². The zero-order valence-corrected chi connectivity index (χ0v) is 9.94. The van der Waals surface area contributed by atoms with Crippen LogP contribution >= 0.6 is 0 Å². The number of aromatic nitrogens is 1. The number of oxazole rings is 1. The first kappa shape index (κ1) is 12.1. The third-order valence-electron chi connectivity index (χ3n) is 2.66. The minimum absolute atomic E-state index is 0.0120. The molecule has 1 aliphatic rings. The van der Waals surface area contributed by atoms with Gasteiger partial charge in [-0.25, -0.2) is 9.78 Å². The predicted octanol–water partition coefficient (Wildman–Crippen LogP) is 2.22. The summed E-state index contributed by atoms with van der Waals surface area (Å²) in [7, 11) is 0. The van der Waals surface area contributed by atoms with Crippen LogP contribution in [0.1, 0.15) is 54.2 Å². The number of carboxylic acid groups (broad SMARTS) is 1. The fourth-order valence-electron chi connectivity index (χ4n) is 1.68. The molecule has 0 amide bonds. The first-order chi connectivity index (χ1) is 8.22. The number of hydrogen-bond donors (Lipinski definition) is 1. The molecule has 17 heavy (non-hydrogen) atoms. The van der Waals surface area contributed by atoms with E-state index in [9.17, 15) is 4.79 Å². The zero-order chi connectivity index (χ0) is 12.3. The van der Waals surface area contributed by atoms with Crippen LogP contribution in [0.5, 0.6) is 0 Å². The van der Waals surface area contributed by atoms with Gasteiger partial charge >= 0.3 is 5.97 Å². The highest BCUT2D eigenvalue weighted by molar-refractivity contribution is 5.85. The van der Waals surface area contributed by atoms with Gasteiger partial charge in [0.05, 0.1) is 12.3 Å². The third-order valence-corrected chi connectivity index (χ3v) is 2.66. The van der Waals surface area contributed by atoms with Gasteiger partial charge < -0.3 is 14.3 Å². The molecule has 1 N–H and O–H groups in total. The molecular weight excluding hydrogens is 222 g/mol. The highest BCUT2D eigenvalue weighted by Gasteiger charge is 2.33. The lowest BCUT2D eigenvalue weighted by molar-refractivity contribution is 0.0656. The third kappa shape index (κ3) is 3.06. The smallest absolute Gasteiger partial charge is 0.373 e. The van der Waals surface area contributed by atoms with Crippen LogP contribution in [0.2, 0.25) is 0 Å². The van der Waals surface area contributed by atoms with Gasteiger partial charge in [-0.3, -0.25) is 0 Å². The molecule has 0 atom stereocenters. The maximum Gasteiger partial charge on any atom is 0.373 e. The second-order valence-corrected chi connectivity index (χ2v) is 4.26. The van der Waals surface area contributed by atoms with Gasteiger partial charge in [0, 0.05) is 18.9 Å². The normalized spacial score (nSPS) is 15.1. The van der Waals surface area contributed by atoms with Gasteiger partial charge in [-0.05, 0) is 19.3 Å². The Balaban J connectivity index is 1.98. The number of carboxylic acids is 1. The molecule has 1 aromatic heterocycles. The average molecular weight is 239 g/mol. The van der Waals surface area contributed by atoms with E-state index in [0.29, 0.717) is 31.2 Å². The van der Waals surface area contributed by atoms with E-state index in [-0.39, 0.29) is 11.7 Å². The minimum atomic E-state index is -1.03. The number of hydrogen-bond acceptors (Lipinski definition) is 4. The van der Waals surface area contributed by atoms with Gasteiger partial charge in [-0.2, -0.15) is 0 Å². The number of rotatable bonds is 7. The molecule has 1 heterocycles. The van der Waals surface area contributed by atoms with E-state index in [4.69, 9.17) is 14.3 Å². The number of nitrogens with zero attached hydrogens (tertiary/aromatic N) is 1. The van der Waals surface area contributed by atoms with Crippen LogP contribution in [-0.4, -0.2) is 29.3 Å². The van der Waals surface area contributed by atoms with Crippen molar-refractivity contribution in [3.05, 3.63) is 17.3 Å². The Morgan fingerprint density at radius 2 is 2.29 bits per heavy atom. The van der Waals surface area contributed by atoms with Crippen molar-refractivity contribution < 1.29 is 19.1 Å². The topological polar surface area (TPSA) is 72.6 Å². The summed E-state index contributed by atoms with van der Waals surface area (Å²) in [6, 6.07) is 0. The van der Waals surface area contributed by atoms with Gasteiger partial charge in [-0.1, -0.05) is 6.92 Å². The number of ether oxygens (including phenoxy) is 1. The molecule has 0 aromatic carbocycles. The van der Waals surface area contributed by atoms with E-state index in [1.54, 1.807) is 0 Å². The van der Waals surface area contributed by atoms with Gasteiger partial charge in [0.2, 0.25) is 5.76 Å². The summed E-state index contributed by atoms with van der Waals surface area (Å²) in [6.45, 7) is 3.28. The molecule has 0 bridgehead atoms.